The second-order valence-electron chi connectivity index (χ2n) is 6.27. The second kappa shape index (κ2) is 8.17. The highest BCUT2D eigenvalue weighted by Crippen LogP contribution is 2.25. The fourth-order valence-electron chi connectivity index (χ4n) is 2.73. The van der Waals surface area contributed by atoms with Gasteiger partial charge in [-0.2, -0.15) is 5.10 Å². The molecule has 0 aromatic heterocycles. The monoisotopic (exact) mass is 358 g/mol. The van der Waals surface area contributed by atoms with E-state index < -0.39 is 0 Å². The molecule has 0 bridgehead atoms. The van der Waals surface area contributed by atoms with Gasteiger partial charge < -0.3 is 4.74 Å². The number of nitrogens with zero attached hydrogens (tertiary/aromatic N) is 1. The highest BCUT2D eigenvalue weighted by molar-refractivity contribution is 6.32. The van der Waals surface area contributed by atoms with Crippen molar-refractivity contribution in [1.82, 2.24) is 5.43 Å². The van der Waals surface area contributed by atoms with Gasteiger partial charge in [-0.3, -0.25) is 4.79 Å². The fourth-order valence-corrected chi connectivity index (χ4v) is 2.84. The third-order valence-corrected chi connectivity index (χ3v) is 4.50. The number of aryl methyl sites for hydroxylation is 5. The van der Waals surface area contributed by atoms with Crippen LogP contribution in [0, 0.1) is 34.6 Å². The van der Waals surface area contributed by atoms with Crippen molar-refractivity contribution in [2.45, 2.75) is 34.6 Å². The molecular formula is C20H23ClN2O2. The number of hydrazone groups is 1. The van der Waals surface area contributed by atoms with Crippen molar-refractivity contribution in [2.75, 3.05) is 6.61 Å². The van der Waals surface area contributed by atoms with E-state index in [-0.39, 0.29) is 12.5 Å². The SMILES string of the molecule is Cc1cc(C)c(/C=N/NC(=O)COc2cc(C)c(Cl)c(C)c2)c(C)c1. The summed E-state index contributed by atoms with van der Waals surface area (Å²) in [4.78, 5) is 11.9. The average Bonchev–Trinajstić information content (AvgIpc) is 2.52. The number of benzene rings is 2. The Balaban J connectivity index is 1.93. The number of amides is 1. The molecule has 0 aliphatic carbocycles. The van der Waals surface area contributed by atoms with Crippen LogP contribution in [0.2, 0.25) is 5.02 Å². The number of carbonyl (C=O) groups excluding carboxylic acids is 1. The molecule has 2 aromatic carbocycles. The van der Waals surface area contributed by atoms with Crippen LogP contribution in [-0.4, -0.2) is 18.7 Å². The van der Waals surface area contributed by atoms with E-state index >= 15 is 0 Å². The number of hydrogen-bond acceptors (Lipinski definition) is 3. The van der Waals surface area contributed by atoms with Crippen LogP contribution in [0.1, 0.15) is 33.4 Å². The van der Waals surface area contributed by atoms with Crippen LogP contribution < -0.4 is 10.2 Å². The molecule has 0 unspecified atom stereocenters. The third-order valence-electron chi connectivity index (χ3n) is 3.90. The van der Waals surface area contributed by atoms with Crippen molar-refractivity contribution >= 4 is 23.7 Å². The normalized spacial score (nSPS) is 11.0. The number of halogens is 1. The van der Waals surface area contributed by atoms with E-state index in [2.05, 4.69) is 29.6 Å². The first kappa shape index (κ1) is 19.0. The molecule has 0 fully saturated rings. The van der Waals surface area contributed by atoms with E-state index in [1.165, 1.54) is 5.56 Å². The van der Waals surface area contributed by atoms with Crippen LogP contribution in [-0.2, 0) is 4.79 Å². The summed E-state index contributed by atoms with van der Waals surface area (Å²) in [6.45, 7) is 9.80. The predicted octanol–water partition coefficient (Wildman–Crippen LogP) is 4.41. The van der Waals surface area contributed by atoms with Gasteiger partial charge in [0.05, 0.1) is 6.21 Å². The highest BCUT2D eigenvalue weighted by atomic mass is 35.5. The largest absolute Gasteiger partial charge is 0.484 e. The molecule has 0 aliphatic heterocycles. The van der Waals surface area contributed by atoms with E-state index in [1.54, 1.807) is 6.21 Å². The van der Waals surface area contributed by atoms with Crippen LogP contribution in [0.15, 0.2) is 29.4 Å². The van der Waals surface area contributed by atoms with Crippen LogP contribution in [0.25, 0.3) is 0 Å². The van der Waals surface area contributed by atoms with Gasteiger partial charge in [0.25, 0.3) is 5.91 Å². The molecule has 4 nitrogen and oxygen atoms in total. The molecule has 1 N–H and O–H groups in total. The number of nitrogens with one attached hydrogen (secondary N) is 1. The Morgan fingerprint density at radius 3 is 2.16 bits per heavy atom. The maximum Gasteiger partial charge on any atom is 0.277 e. The Morgan fingerprint density at radius 1 is 1.04 bits per heavy atom. The summed E-state index contributed by atoms with van der Waals surface area (Å²) in [7, 11) is 0. The standard InChI is InChI=1S/C20H23ClN2O2/c1-12-6-13(2)18(14(3)7-12)10-22-23-19(24)11-25-17-8-15(4)20(21)16(5)9-17/h6-10H,11H2,1-5H3,(H,23,24)/b22-10+. The highest BCUT2D eigenvalue weighted by Gasteiger charge is 2.06. The molecule has 0 atom stereocenters. The van der Waals surface area contributed by atoms with Crippen LogP contribution in [0.4, 0.5) is 0 Å². The minimum atomic E-state index is -0.316. The van der Waals surface area contributed by atoms with Gasteiger partial charge >= 0.3 is 0 Å². The van der Waals surface area contributed by atoms with Crippen molar-refractivity contribution in [3.63, 3.8) is 0 Å². The first-order valence-electron chi connectivity index (χ1n) is 8.07. The maximum atomic E-state index is 11.9. The van der Waals surface area contributed by atoms with Crippen LogP contribution in [0.5, 0.6) is 5.75 Å². The summed E-state index contributed by atoms with van der Waals surface area (Å²) in [6.07, 6.45) is 1.67. The summed E-state index contributed by atoms with van der Waals surface area (Å²) in [5.74, 6) is 0.299. The summed E-state index contributed by atoms with van der Waals surface area (Å²) < 4.78 is 5.51. The molecular weight excluding hydrogens is 336 g/mol. The van der Waals surface area contributed by atoms with E-state index in [0.717, 1.165) is 27.8 Å². The van der Waals surface area contributed by atoms with E-state index in [4.69, 9.17) is 16.3 Å². The first-order valence-corrected chi connectivity index (χ1v) is 8.45. The molecule has 0 aliphatic rings. The number of hydrogen-bond donors (Lipinski definition) is 1. The Hall–Kier alpha value is -2.33. The van der Waals surface area contributed by atoms with Crippen molar-refractivity contribution < 1.29 is 9.53 Å². The molecule has 1 amide bonds. The Kier molecular flexibility index (Phi) is 6.21. The van der Waals surface area contributed by atoms with Crippen molar-refractivity contribution in [2.24, 2.45) is 5.10 Å². The van der Waals surface area contributed by atoms with Gasteiger partial charge in [-0.1, -0.05) is 29.3 Å². The minimum absolute atomic E-state index is 0.107. The lowest BCUT2D eigenvalue weighted by molar-refractivity contribution is -0.123. The Bertz CT molecular complexity index is 782. The zero-order valence-electron chi connectivity index (χ0n) is 15.2. The van der Waals surface area contributed by atoms with Gasteiger partial charge in [0.1, 0.15) is 5.75 Å². The maximum absolute atomic E-state index is 11.9. The van der Waals surface area contributed by atoms with E-state index in [0.29, 0.717) is 10.8 Å². The van der Waals surface area contributed by atoms with Crippen molar-refractivity contribution in [1.29, 1.82) is 0 Å². The quantitative estimate of drug-likeness (QED) is 0.635. The van der Waals surface area contributed by atoms with Crippen molar-refractivity contribution in [3.05, 3.63) is 62.7 Å². The van der Waals surface area contributed by atoms with Gasteiger partial charge in [-0.25, -0.2) is 5.43 Å². The number of ether oxygens (including phenoxy) is 1. The summed E-state index contributed by atoms with van der Waals surface area (Å²) in [5.41, 5.74) is 8.79. The Labute approximate surface area is 153 Å². The lowest BCUT2D eigenvalue weighted by Crippen LogP contribution is -2.24. The molecule has 25 heavy (non-hydrogen) atoms. The zero-order valence-corrected chi connectivity index (χ0v) is 16.0. The molecule has 132 valence electrons. The average molecular weight is 359 g/mol. The topological polar surface area (TPSA) is 50.7 Å². The smallest absolute Gasteiger partial charge is 0.277 e. The van der Waals surface area contributed by atoms with Gasteiger partial charge in [-0.05, 0) is 69.0 Å². The van der Waals surface area contributed by atoms with E-state index in [9.17, 15) is 4.79 Å². The first-order chi connectivity index (χ1) is 11.8. The third kappa shape index (κ3) is 5.07. The lowest BCUT2D eigenvalue weighted by Gasteiger charge is -2.09. The van der Waals surface area contributed by atoms with Crippen LogP contribution >= 0.6 is 11.6 Å². The summed E-state index contributed by atoms with van der Waals surface area (Å²) in [5, 5.41) is 4.74. The molecule has 0 spiro atoms. The molecule has 0 saturated heterocycles. The lowest BCUT2D eigenvalue weighted by atomic mass is 10.0. The number of rotatable bonds is 5. The van der Waals surface area contributed by atoms with E-state index in [1.807, 2.05) is 39.8 Å². The van der Waals surface area contributed by atoms with Gasteiger partial charge in [0, 0.05) is 10.6 Å². The van der Waals surface area contributed by atoms with Crippen LogP contribution in [0.3, 0.4) is 0 Å². The Morgan fingerprint density at radius 2 is 1.60 bits per heavy atom. The second-order valence-corrected chi connectivity index (χ2v) is 6.64. The van der Waals surface area contributed by atoms with Gasteiger partial charge in [0.2, 0.25) is 0 Å². The van der Waals surface area contributed by atoms with Gasteiger partial charge in [0.15, 0.2) is 6.61 Å². The molecule has 0 radical (unpaired) electrons. The fraction of sp³-hybridized carbons (Fsp3) is 0.300. The number of carbonyl (C=O) groups is 1. The van der Waals surface area contributed by atoms with Gasteiger partial charge in [-0.15, -0.1) is 0 Å². The molecule has 0 heterocycles. The molecule has 2 aromatic rings. The molecule has 2 rings (SSSR count). The van der Waals surface area contributed by atoms with Crippen molar-refractivity contribution in [3.8, 4) is 5.75 Å². The minimum Gasteiger partial charge on any atom is -0.484 e. The zero-order chi connectivity index (χ0) is 18.6. The molecule has 5 heteroatoms. The molecule has 0 saturated carbocycles. The summed E-state index contributed by atoms with van der Waals surface area (Å²) >= 11 is 6.12. The summed E-state index contributed by atoms with van der Waals surface area (Å²) in [6, 6.07) is 7.80. The predicted molar refractivity (Wildman–Crippen MR) is 103 cm³/mol.